The molecule has 0 heteroatoms. The van der Waals surface area contributed by atoms with E-state index >= 15 is 0 Å². The second-order valence-electron chi connectivity index (χ2n) is 3.94. The highest BCUT2D eigenvalue weighted by atomic mass is 14.4. The van der Waals surface area contributed by atoms with Crippen LogP contribution >= 0.6 is 0 Å². The van der Waals surface area contributed by atoms with Crippen molar-refractivity contribution >= 4 is 6.08 Å². The lowest BCUT2D eigenvalue weighted by Crippen LogP contribution is -1.94. The molecule has 1 aromatic carbocycles. The Balaban J connectivity index is 2.26. The zero-order valence-corrected chi connectivity index (χ0v) is 7.25. The van der Waals surface area contributed by atoms with Gasteiger partial charge in [-0.3, -0.25) is 0 Å². The van der Waals surface area contributed by atoms with E-state index in [2.05, 4.69) is 37.3 Å². The molecule has 0 N–H and O–H groups in total. The van der Waals surface area contributed by atoms with Crippen LogP contribution in [0.25, 0.3) is 6.08 Å². The van der Waals surface area contributed by atoms with Crippen LogP contribution in [0.5, 0.6) is 0 Å². The number of fused-ring (bicyclic) bond motifs is 3. The molecule has 12 heavy (non-hydrogen) atoms. The minimum atomic E-state index is 0.866. The van der Waals surface area contributed by atoms with Gasteiger partial charge in [-0.1, -0.05) is 30.4 Å². The van der Waals surface area contributed by atoms with Crippen LogP contribution in [0.1, 0.15) is 29.0 Å². The van der Waals surface area contributed by atoms with Crippen molar-refractivity contribution < 1.29 is 0 Å². The highest BCUT2D eigenvalue weighted by molar-refractivity contribution is 5.64. The van der Waals surface area contributed by atoms with Crippen LogP contribution in [0.2, 0.25) is 0 Å². The Labute approximate surface area is 72.9 Å². The Bertz CT molecular complexity index is 360. The van der Waals surface area contributed by atoms with Crippen LogP contribution in [0.4, 0.5) is 0 Å². The maximum Gasteiger partial charge on any atom is -0.00868 e. The maximum absolute atomic E-state index is 2.38. The molecule has 0 bridgehead atoms. The number of hydrogen-bond acceptors (Lipinski definition) is 0. The van der Waals surface area contributed by atoms with Gasteiger partial charge in [0.25, 0.3) is 0 Å². The maximum atomic E-state index is 2.38. The summed E-state index contributed by atoms with van der Waals surface area (Å²) in [5, 5.41) is 0. The van der Waals surface area contributed by atoms with E-state index in [0.29, 0.717) is 0 Å². The van der Waals surface area contributed by atoms with E-state index < -0.39 is 0 Å². The molecule has 2 unspecified atom stereocenters. The molecule has 0 aliphatic heterocycles. The summed E-state index contributed by atoms with van der Waals surface area (Å²) in [6.07, 6.45) is 6.06. The third-order valence-corrected chi connectivity index (χ3v) is 3.11. The number of hydrogen-bond donors (Lipinski definition) is 0. The first-order chi connectivity index (χ1) is 5.86. The predicted molar refractivity (Wildman–Crippen MR) is 51.1 cm³/mol. The third-order valence-electron chi connectivity index (χ3n) is 3.11. The molecule has 0 aromatic heterocycles. The summed E-state index contributed by atoms with van der Waals surface area (Å²) in [5.41, 5.74) is 4.49. The molecule has 2 aliphatic rings. The van der Waals surface area contributed by atoms with Gasteiger partial charge in [-0.15, -0.1) is 0 Å². The van der Waals surface area contributed by atoms with Crippen LogP contribution in [-0.4, -0.2) is 0 Å². The fourth-order valence-electron chi connectivity index (χ4n) is 2.26. The molecule has 1 saturated carbocycles. The second-order valence-corrected chi connectivity index (χ2v) is 3.94. The third kappa shape index (κ3) is 0.726. The molecule has 1 aromatic rings. The number of aryl methyl sites for hydroxylation is 1. The lowest BCUT2D eigenvalue weighted by molar-refractivity contribution is 0.991. The van der Waals surface area contributed by atoms with E-state index in [-0.39, 0.29) is 0 Å². The van der Waals surface area contributed by atoms with Gasteiger partial charge in [0.1, 0.15) is 0 Å². The molecule has 0 saturated heterocycles. The molecule has 0 nitrogen and oxygen atoms in total. The average molecular weight is 156 g/mol. The summed E-state index contributed by atoms with van der Waals surface area (Å²) in [7, 11) is 0. The quantitative estimate of drug-likeness (QED) is 0.541. The molecule has 60 valence electrons. The zero-order valence-electron chi connectivity index (χ0n) is 7.25. The topological polar surface area (TPSA) is 0 Å². The molecular weight excluding hydrogens is 144 g/mol. The average Bonchev–Trinajstić information content (AvgIpc) is 2.83. The summed E-state index contributed by atoms with van der Waals surface area (Å²) >= 11 is 0. The Kier molecular flexibility index (Phi) is 1.08. The highest BCUT2D eigenvalue weighted by Crippen LogP contribution is 2.52. The van der Waals surface area contributed by atoms with E-state index in [1.165, 1.54) is 17.5 Å². The molecule has 3 rings (SSSR count). The van der Waals surface area contributed by atoms with Crippen LogP contribution in [0.15, 0.2) is 24.3 Å². The van der Waals surface area contributed by atoms with Gasteiger partial charge in [-0.25, -0.2) is 0 Å². The first-order valence-electron chi connectivity index (χ1n) is 4.64. The largest absolute Gasteiger partial charge is 0.0802 e. The van der Waals surface area contributed by atoms with Crippen molar-refractivity contribution in [3.63, 3.8) is 0 Å². The van der Waals surface area contributed by atoms with Gasteiger partial charge in [0.2, 0.25) is 0 Å². The van der Waals surface area contributed by atoms with Crippen molar-refractivity contribution in [2.75, 3.05) is 0 Å². The lowest BCUT2D eigenvalue weighted by atomic mass is 9.94. The molecule has 0 radical (unpaired) electrons. The zero-order chi connectivity index (χ0) is 8.13. The van der Waals surface area contributed by atoms with E-state index in [0.717, 1.165) is 11.8 Å². The molecule has 0 amide bonds. The van der Waals surface area contributed by atoms with Gasteiger partial charge < -0.3 is 0 Å². The number of rotatable bonds is 0. The predicted octanol–water partition coefficient (Wildman–Crippen LogP) is 3.13. The van der Waals surface area contributed by atoms with Crippen molar-refractivity contribution in [3.05, 3.63) is 41.0 Å². The minimum absolute atomic E-state index is 0.866. The normalized spacial score (nSPS) is 29.4. The Morgan fingerprint density at radius 3 is 3.17 bits per heavy atom. The summed E-state index contributed by atoms with van der Waals surface area (Å²) in [6, 6.07) is 6.67. The Morgan fingerprint density at radius 2 is 2.25 bits per heavy atom. The van der Waals surface area contributed by atoms with Crippen LogP contribution in [0, 0.1) is 12.8 Å². The monoisotopic (exact) mass is 156 g/mol. The summed E-state index contributed by atoms with van der Waals surface area (Å²) < 4.78 is 0. The summed E-state index contributed by atoms with van der Waals surface area (Å²) in [5.74, 6) is 1.74. The van der Waals surface area contributed by atoms with Crippen molar-refractivity contribution in [3.8, 4) is 0 Å². The molecular formula is C12H12. The van der Waals surface area contributed by atoms with Gasteiger partial charge in [0, 0.05) is 0 Å². The smallest absolute Gasteiger partial charge is 0.00868 e. The van der Waals surface area contributed by atoms with Gasteiger partial charge in [-0.2, -0.15) is 0 Å². The highest BCUT2D eigenvalue weighted by Gasteiger charge is 2.39. The SMILES string of the molecule is Cc1cccc2c1C=CC1CC21. The van der Waals surface area contributed by atoms with Crippen LogP contribution in [-0.2, 0) is 0 Å². The minimum Gasteiger partial charge on any atom is -0.0802 e. The van der Waals surface area contributed by atoms with E-state index in [1.807, 2.05) is 0 Å². The molecule has 1 fully saturated rings. The van der Waals surface area contributed by atoms with Crippen molar-refractivity contribution in [2.45, 2.75) is 19.3 Å². The van der Waals surface area contributed by atoms with Crippen molar-refractivity contribution in [2.24, 2.45) is 5.92 Å². The summed E-state index contributed by atoms with van der Waals surface area (Å²) in [4.78, 5) is 0. The molecule has 2 atom stereocenters. The standard InChI is InChI=1S/C12H12/c1-8-3-2-4-11-10(8)6-5-9-7-12(9)11/h2-6,9,12H,7H2,1H3. The van der Waals surface area contributed by atoms with E-state index in [4.69, 9.17) is 0 Å². The number of benzene rings is 1. The first kappa shape index (κ1) is 6.47. The molecule has 2 aliphatic carbocycles. The van der Waals surface area contributed by atoms with Crippen LogP contribution in [0.3, 0.4) is 0 Å². The number of allylic oxidation sites excluding steroid dienone is 1. The summed E-state index contributed by atoms with van der Waals surface area (Å²) in [6.45, 7) is 2.20. The van der Waals surface area contributed by atoms with Gasteiger partial charge in [0.05, 0.1) is 0 Å². The fourth-order valence-corrected chi connectivity index (χ4v) is 2.26. The molecule has 0 spiro atoms. The van der Waals surface area contributed by atoms with E-state index in [1.54, 1.807) is 5.56 Å². The first-order valence-corrected chi connectivity index (χ1v) is 4.64. The van der Waals surface area contributed by atoms with Gasteiger partial charge in [-0.05, 0) is 41.9 Å². The Morgan fingerprint density at radius 1 is 1.33 bits per heavy atom. The van der Waals surface area contributed by atoms with Crippen LogP contribution < -0.4 is 0 Å². The molecule has 0 heterocycles. The van der Waals surface area contributed by atoms with Crippen molar-refractivity contribution in [1.82, 2.24) is 0 Å². The van der Waals surface area contributed by atoms with E-state index in [9.17, 15) is 0 Å². The second kappa shape index (κ2) is 2.01. The lowest BCUT2D eigenvalue weighted by Gasteiger charge is -2.11. The Hall–Kier alpha value is -1.04. The van der Waals surface area contributed by atoms with Crippen molar-refractivity contribution in [1.29, 1.82) is 0 Å². The fraction of sp³-hybridized carbons (Fsp3) is 0.333. The van der Waals surface area contributed by atoms with Gasteiger partial charge >= 0.3 is 0 Å². The van der Waals surface area contributed by atoms with Gasteiger partial charge in [0.15, 0.2) is 0 Å².